The first kappa shape index (κ1) is 18.2. The van der Waals surface area contributed by atoms with Crippen molar-refractivity contribution in [3.63, 3.8) is 0 Å². The molecule has 0 heterocycles. The normalized spacial score (nSPS) is 11.1. The molecule has 3 N–H and O–H groups in total. The minimum atomic E-state index is -0.815. The van der Waals surface area contributed by atoms with E-state index in [1.165, 1.54) is 19.3 Å². The van der Waals surface area contributed by atoms with Crippen LogP contribution in [0.1, 0.15) is 39.5 Å². The molecule has 112 valence electrons. The largest absolute Gasteiger partial charge is 0.337 e. The van der Waals surface area contributed by atoms with E-state index in [-0.39, 0.29) is 6.03 Å². The van der Waals surface area contributed by atoms with Crippen LogP contribution in [0.15, 0.2) is 0 Å². The van der Waals surface area contributed by atoms with Gasteiger partial charge in [0.05, 0.1) is 5.54 Å². The van der Waals surface area contributed by atoms with Crippen molar-refractivity contribution < 1.29 is 9.59 Å². The van der Waals surface area contributed by atoms with Gasteiger partial charge in [-0.15, -0.1) is 0 Å². The topological polar surface area (TPSA) is 70.2 Å². The summed E-state index contributed by atoms with van der Waals surface area (Å²) in [6, 6.07) is -0.312. The van der Waals surface area contributed by atoms with Gasteiger partial charge in [-0.1, -0.05) is 12.8 Å². The van der Waals surface area contributed by atoms with Crippen LogP contribution in [0, 0.1) is 0 Å². The van der Waals surface area contributed by atoms with Crippen LogP contribution in [0.2, 0.25) is 0 Å². The molecule has 0 rings (SSSR count). The van der Waals surface area contributed by atoms with E-state index in [2.05, 4.69) is 28.6 Å². The molecule has 0 unspecified atom stereocenters. The third-order valence-corrected chi connectivity index (χ3v) is 2.90. The number of hydrogen-bond acceptors (Lipinski definition) is 4. The molecule has 5 nitrogen and oxygen atoms in total. The van der Waals surface area contributed by atoms with Gasteiger partial charge in [-0.25, -0.2) is 4.79 Å². The van der Waals surface area contributed by atoms with Gasteiger partial charge in [0.2, 0.25) is 0 Å². The minimum absolute atomic E-state index is 0.312. The van der Waals surface area contributed by atoms with Crippen molar-refractivity contribution in [2.45, 2.75) is 45.1 Å². The van der Waals surface area contributed by atoms with Crippen molar-refractivity contribution in [2.24, 2.45) is 0 Å². The second kappa shape index (κ2) is 11.1. The van der Waals surface area contributed by atoms with E-state index in [1.807, 2.05) is 0 Å². The van der Waals surface area contributed by atoms with Crippen molar-refractivity contribution >= 4 is 24.9 Å². The molecule has 0 saturated carbocycles. The van der Waals surface area contributed by atoms with Crippen LogP contribution >= 0.6 is 12.6 Å². The van der Waals surface area contributed by atoms with Gasteiger partial charge in [-0.3, -0.25) is 0 Å². The first-order chi connectivity index (χ1) is 9.02. The second-order valence-electron chi connectivity index (χ2n) is 5.11. The molecule has 0 bridgehead atoms. The van der Waals surface area contributed by atoms with Crippen molar-refractivity contribution in [1.82, 2.24) is 16.0 Å². The number of amides is 2. The highest BCUT2D eigenvalue weighted by atomic mass is 32.1. The van der Waals surface area contributed by atoms with Gasteiger partial charge < -0.3 is 20.7 Å². The maximum atomic E-state index is 11.4. The maximum absolute atomic E-state index is 11.4. The van der Waals surface area contributed by atoms with E-state index < -0.39 is 5.54 Å². The van der Waals surface area contributed by atoms with Crippen LogP contribution in [-0.2, 0) is 4.79 Å². The van der Waals surface area contributed by atoms with Crippen molar-refractivity contribution in [3.8, 4) is 0 Å². The van der Waals surface area contributed by atoms with Crippen LogP contribution in [0.25, 0.3) is 0 Å². The molecule has 6 heteroatoms. The number of nitrogens with one attached hydrogen (secondary N) is 3. The Balaban J connectivity index is 3.35. The smallest absolute Gasteiger partial charge is 0.315 e. The molecule has 0 atom stereocenters. The highest BCUT2D eigenvalue weighted by Crippen LogP contribution is 1.99. The lowest BCUT2D eigenvalue weighted by Gasteiger charge is -2.19. The van der Waals surface area contributed by atoms with Crippen LogP contribution in [0.5, 0.6) is 0 Å². The van der Waals surface area contributed by atoms with Crippen molar-refractivity contribution in [1.29, 1.82) is 0 Å². The van der Waals surface area contributed by atoms with Crippen LogP contribution < -0.4 is 16.0 Å². The quantitative estimate of drug-likeness (QED) is 0.264. The molecule has 0 aromatic carbocycles. The zero-order valence-corrected chi connectivity index (χ0v) is 12.9. The van der Waals surface area contributed by atoms with E-state index >= 15 is 0 Å². The molecule has 0 aliphatic rings. The van der Waals surface area contributed by atoms with E-state index in [0.717, 1.165) is 31.5 Å². The fourth-order valence-electron chi connectivity index (χ4n) is 1.47. The summed E-state index contributed by atoms with van der Waals surface area (Å²) in [4.78, 5) is 22.0. The molecule has 0 aromatic heterocycles. The molecule has 0 radical (unpaired) electrons. The Morgan fingerprint density at radius 2 is 1.79 bits per heavy atom. The Morgan fingerprint density at radius 1 is 1.11 bits per heavy atom. The Labute approximate surface area is 121 Å². The summed E-state index contributed by atoms with van der Waals surface area (Å²) < 4.78 is 0. The summed E-state index contributed by atoms with van der Waals surface area (Å²) >= 11 is 4.16. The highest BCUT2D eigenvalue weighted by molar-refractivity contribution is 7.80. The molecule has 19 heavy (non-hydrogen) atoms. The molecule has 0 spiro atoms. The molecule has 0 fully saturated rings. The Kier molecular flexibility index (Phi) is 10.7. The van der Waals surface area contributed by atoms with Gasteiger partial charge in [-0.2, -0.15) is 12.6 Å². The minimum Gasteiger partial charge on any atom is -0.337 e. The van der Waals surface area contributed by atoms with E-state index in [4.69, 9.17) is 0 Å². The summed E-state index contributed by atoms with van der Waals surface area (Å²) in [5, 5.41) is 8.54. The molecule has 0 aromatic rings. The summed E-state index contributed by atoms with van der Waals surface area (Å²) in [5.74, 6) is 0.962. The van der Waals surface area contributed by atoms with E-state index in [1.54, 1.807) is 13.8 Å². The SMILES string of the molecule is CC(C)(C=O)NC(=O)NCCNCCCCCCS. The summed E-state index contributed by atoms with van der Waals surface area (Å²) in [7, 11) is 0. The van der Waals surface area contributed by atoms with Gasteiger partial charge in [0.15, 0.2) is 0 Å². The van der Waals surface area contributed by atoms with Crippen LogP contribution in [0.4, 0.5) is 4.79 Å². The first-order valence-electron chi connectivity index (χ1n) is 6.86. The molecular formula is C13H27N3O2S. The monoisotopic (exact) mass is 289 g/mol. The third-order valence-electron chi connectivity index (χ3n) is 2.58. The van der Waals surface area contributed by atoms with Crippen LogP contribution in [-0.4, -0.2) is 43.2 Å². The predicted molar refractivity (Wildman–Crippen MR) is 81.9 cm³/mol. The summed E-state index contributed by atoms with van der Waals surface area (Å²) in [6.07, 6.45) is 5.49. The summed E-state index contributed by atoms with van der Waals surface area (Å²) in [5.41, 5.74) is -0.815. The predicted octanol–water partition coefficient (Wildman–Crippen LogP) is 1.34. The number of carbonyl (C=O) groups is 2. The Bertz CT molecular complexity index is 260. The molecular weight excluding hydrogens is 262 g/mol. The molecule has 2 amide bonds. The maximum Gasteiger partial charge on any atom is 0.315 e. The lowest BCUT2D eigenvalue weighted by molar-refractivity contribution is -0.112. The number of unbranched alkanes of at least 4 members (excludes halogenated alkanes) is 3. The Hall–Kier alpha value is -0.750. The highest BCUT2D eigenvalue weighted by Gasteiger charge is 2.18. The van der Waals surface area contributed by atoms with Crippen LogP contribution in [0.3, 0.4) is 0 Å². The molecule has 0 aliphatic carbocycles. The van der Waals surface area contributed by atoms with E-state index in [9.17, 15) is 9.59 Å². The Morgan fingerprint density at radius 3 is 2.42 bits per heavy atom. The van der Waals surface area contributed by atoms with Crippen molar-refractivity contribution in [2.75, 3.05) is 25.4 Å². The van der Waals surface area contributed by atoms with Gasteiger partial charge in [0.1, 0.15) is 6.29 Å². The van der Waals surface area contributed by atoms with Crippen molar-refractivity contribution in [3.05, 3.63) is 0 Å². The van der Waals surface area contributed by atoms with Gasteiger partial charge in [-0.05, 0) is 39.0 Å². The average molecular weight is 289 g/mol. The van der Waals surface area contributed by atoms with Gasteiger partial charge in [0.25, 0.3) is 0 Å². The molecule has 0 aliphatic heterocycles. The average Bonchev–Trinajstić information content (AvgIpc) is 2.36. The lowest BCUT2D eigenvalue weighted by atomic mass is 10.1. The number of rotatable bonds is 11. The number of thiol groups is 1. The number of aldehydes is 1. The number of carbonyl (C=O) groups excluding carboxylic acids is 2. The number of urea groups is 1. The van der Waals surface area contributed by atoms with Gasteiger partial charge >= 0.3 is 6.03 Å². The summed E-state index contributed by atoms with van der Waals surface area (Å²) in [6.45, 7) is 5.57. The fraction of sp³-hybridized carbons (Fsp3) is 0.846. The lowest BCUT2D eigenvalue weighted by Crippen LogP contribution is -2.50. The van der Waals surface area contributed by atoms with E-state index in [0.29, 0.717) is 6.54 Å². The fourth-order valence-corrected chi connectivity index (χ4v) is 1.69. The zero-order valence-electron chi connectivity index (χ0n) is 12.0. The second-order valence-corrected chi connectivity index (χ2v) is 5.56. The third kappa shape index (κ3) is 12.0. The zero-order chi connectivity index (χ0) is 14.6. The first-order valence-corrected chi connectivity index (χ1v) is 7.49. The standard InChI is InChI=1S/C13H27N3O2S/c1-13(2,11-17)16-12(18)15-9-8-14-7-5-3-4-6-10-19/h11,14,19H,3-10H2,1-2H3,(H2,15,16,18). The van der Waals surface area contributed by atoms with Gasteiger partial charge in [0, 0.05) is 13.1 Å². The number of hydrogen-bond donors (Lipinski definition) is 4. The molecule has 0 saturated heterocycles.